The molecule has 0 fully saturated rings. The average molecular weight is 519 g/mol. The highest BCUT2D eigenvalue weighted by atomic mass is 32.2. The topological polar surface area (TPSA) is 94.3 Å². The number of rotatable bonds is 9. The fourth-order valence-electron chi connectivity index (χ4n) is 5.52. The largest absolute Gasteiger partial charge is 0.356 e. The first-order valence-electron chi connectivity index (χ1n) is 13.0. The Morgan fingerprint density at radius 3 is 2.65 bits per heavy atom. The lowest BCUT2D eigenvalue weighted by molar-refractivity contribution is -0.132. The quantitative estimate of drug-likeness (QED) is 0.399. The van der Waals surface area contributed by atoms with Gasteiger partial charge in [-0.3, -0.25) is 14.4 Å². The van der Waals surface area contributed by atoms with Gasteiger partial charge in [0.15, 0.2) is 0 Å². The van der Waals surface area contributed by atoms with Gasteiger partial charge in [0.1, 0.15) is 12.1 Å². The summed E-state index contributed by atoms with van der Waals surface area (Å²) in [4.78, 5) is 45.8. The first kappa shape index (κ1) is 25.4. The summed E-state index contributed by atoms with van der Waals surface area (Å²) in [5.41, 5.74) is 4.55. The van der Waals surface area contributed by atoms with Crippen molar-refractivity contribution in [2.24, 2.45) is 5.92 Å². The SMILES string of the molecule is CSCC[C@H](NC(=O)[C@@H]1Cc2c([nH]c3ccccc23)C2c3ccccc3C(=O)N21)C(=O)NCCC(C)C. The van der Waals surface area contributed by atoms with Gasteiger partial charge in [-0.1, -0.05) is 50.2 Å². The van der Waals surface area contributed by atoms with E-state index in [-0.39, 0.29) is 23.8 Å². The van der Waals surface area contributed by atoms with Gasteiger partial charge in [0.25, 0.3) is 5.91 Å². The predicted molar refractivity (Wildman–Crippen MR) is 148 cm³/mol. The molecule has 0 aliphatic carbocycles. The number of aromatic nitrogens is 1. The first-order valence-corrected chi connectivity index (χ1v) is 14.4. The average Bonchev–Trinajstić information content (AvgIpc) is 3.41. The lowest BCUT2D eigenvalue weighted by atomic mass is 9.89. The van der Waals surface area contributed by atoms with Crippen molar-refractivity contribution in [3.8, 4) is 0 Å². The lowest BCUT2D eigenvalue weighted by Gasteiger charge is -2.37. The number of H-pyrrole nitrogens is 1. The van der Waals surface area contributed by atoms with E-state index in [2.05, 4.69) is 35.5 Å². The number of aromatic amines is 1. The number of carbonyl (C=O) groups excluding carboxylic acids is 3. The second-order valence-electron chi connectivity index (χ2n) is 10.3. The van der Waals surface area contributed by atoms with Crippen LogP contribution in [0.15, 0.2) is 48.5 Å². The molecule has 3 atom stereocenters. The number of para-hydroxylation sites is 1. The summed E-state index contributed by atoms with van der Waals surface area (Å²) in [5.74, 6) is 0.627. The zero-order valence-corrected chi connectivity index (χ0v) is 22.4. The van der Waals surface area contributed by atoms with Crippen LogP contribution in [0.4, 0.5) is 0 Å². The Hall–Kier alpha value is -3.26. The molecule has 1 aromatic heterocycles. The van der Waals surface area contributed by atoms with E-state index in [9.17, 15) is 14.4 Å². The third kappa shape index (κ3) is 4.75. The van der Waals surface area contributed by atoms with Crippen LogP contribution in [0.25, 0.3) is 10.9 Å². The molecular formula is C29H34N4O3S. The molecule has 37 heavy (non-hydrogen) atoms. The number of nitrogens with zero attached hydrogens (tertiary/aromatic N) is 1. The summed E-state index contributed by atoms with van der Waals surface area (Å²) in [6.45, 7) is 4.80. The Labute approximate surface area is 221 Å². The smallest absolute Gasteiger partial charge is 0.255 e. The molecular weight excluding hydrogens is 484 g/mol. The Bertz CT molecular complexity index is 1330. The van der Waals surface area contributed by atoms with E-state index < -0.39 is 12.1 Å². The molecule has 3 aromatic rings. The number of hydrogen-bond donors (Lipinski definition) is 3. The molecule has 3 N–H and O–H groups in total. The van der Waals surface area contributed by atoms with Gasteiger partial charge in [0, 0.05) is 35.1 Å². The Morgan fingerprint density at radius 1 is 1.11 bits per heavy atom. The number of fused-ring (bicyclic) bond motifs is 7. The van der Waals surface area contributed by atoms with Crippen molar-refractivity contribution in [2.75, 3.05) is 18.6 Å². The Balaban J connectivity index is 1.47. The molecule has 5 rings (SSSR count). The van der Waals surface area contributed by atoms with Crippen LogP contribution < -0.4 is 10.6 Å². The molecule has 3 heterocycles. The van der Waals surface area contributed by atoms with Gasteiger partial charge in [-0.05, 0) is 54.0 Å². The molecule has 0 radical (unpaired) electrons. The van der Waals surface area contributed by atoms with Crippen LogP contribution in [0, 0.1) is 5.92 Å². The minimum atomic E-state index is -0.711. The molecule has 3 amide bonds. The predicted octanol–water partition coefficient (Wildman–Crippen LogP) is 4.04. The van der Waals surface area contributed by atoms with Crippen LogP contribution in [0.1, 0.15) is 59.9 Å². The lowest BCUT2D eigenvalue weighted by Crippen LogP contribution is -2.56. The zero-order valence-electron chi connectivity index (χ0n) is 21.5. The molecule has 2 aliphatic rings. The highest BCUT2D eigenvalue weighted by molar-refractivity contribution is 7.98. The van der Waals surface area contributed by atoms with E-state index in [1.807, 2.05) is 48.7 Å². The highest BCUT2D eigenvalue weighted by Crippen LogP contribution is 2.46. The third-order valence-corrected chi connectivity index (χ3v) is 8.06. The van der Waals surface area contributed by atoms with Gasteiger partial charge in [0.05, 0.1) is 6.04 Å². The summed E-state index contributed by atoms with van der Waals surface area (Å²) in [6, 6.07) is 13.9. The number of carbonyl (C=O) groups is 3. The second-order valence-corrected chi connectivity index (χ2v) is 11.3. The van der Waals surface area contributed by atoms with Crippen molar-refractivity contribution in [1.82, 2.24) is 20.5 Å². The minimum absolute atomic E-state index is 0.146. The summed E-state index contributed by atoms with van der Waals surface area (Å²) < 4.78 is 0. The molecule has 0 saturated carbocycles. The van der Waals surface area contributed by atoms with E-state index in [0.29, 0.717) is 30.9 Å². The molecule has 2 aliphatic heterocycles. The standard InChI is InChI=1S/C29H34N4O3S/c1-17(2)12-14-30-27(34)23(13-15-37-3)32-28(35)24-16-21-18-8-6-7-11-22(18)31-25(21)26-19-9-4-5-10-20(19)29(36)33(24)26/h4-11,17,23-24,26,31H,12-16H2,1-3H3,(H,30,34)(H,32,35)/t23-,24-,26?/m0/s1. The highest BCUT2D eigenvalue weighted by Gasteiger charge is 2.49. The van der Waals surface area contributed by atoms with Crippen molar-refractivity contribution in [3.63, 3.8) is 0 Å². The Kier molecular flexibility index (Phi) is 7.29. The van der Waals surface area contributed by atoms with E-state index >= 15 is 0 Å². The summed E-state index contributed by atoms with van der Waals surface area (Å²) in [7, 11) is 0. The number of benzene rings is 2. The van der Waals surface area contributed by atoms with Crippen LogP contribution in [0.5, 0.6) is 0 Å². The number of hydrogen-bond acceptors (Lipinski definition) is 4. The van der Waals surface area contributed by atoms with E-state index in [4.69, 9.17) is 0 Å². The van der Waals surface area contributed by atoms with Gasteiger partial charge in [-0.25, -0.2) is 0 Å². The molecule has 2 aromatic carbocycles. The fraction of sp³-hybridized carbons (Fsp3) is 0.414. The maximum Gasteiger partial charge on any atom is 0.255 e. The minimum Gasteiger partial charge on any atom is -0.356 e. The fourth-order valence-corrected chi connectivity index (χ4v) is 5.99. The van der Waals surface area contributed by atoms with E-state index in [1.54, 1.807) is 16.7 Å². The van der Waals surface area contributed by atoms with Crippen LogP contribution in [0.2, 0.25) is 0 Å². The molecule has 1 unspecified atom stereocenters. The van der Waals surface area contributed by atoms with Gasteiger partial charge in [0.2, 0.25) is 11.8 Å². The van der Waals surface area contributed by atoms with E-state index in [1.165, 1.54) is 0 Å². The zero-order chi connectivity index (χ0) is 26.1. The molecule has 0 spiro atoms. The molecule has 194 valence electrons. The summed E-state index contributed by atoms with van der Waals surface area (Å²) in [5, 5.41) is 7.08. The Morgan fingerprint density at radius 2 is 1.86 bits per heavy atom. The molecule has 0 bridgehead atoms. The maximum atomic E-state index is 13.9. The van der Waals surface area contributed by atoms with Crippen molar-refractivity contribution >= 4 is 40.4 Å². The van der Waals surface area contributed by atoms with Gasteiger partial charge < -0.3 is 20.5 Å². The van der Waals surface area contributed by atoms with Gasteiger partial charge >= 0.3 is 0 Å². The van der Waals surface area contributed by atoms with Crippen molar-refractivity contribution in [2.45, 2.75) is 51.2 Å². The van der Waals surface area contributed by atoms with Crippen molar-refractivity contribution < 1.29 is 14.4 Å². The molecule has 0 saturated heterocycles. The van der Waals surface area contributed by atoms with Crippen LogP contribution >= 0.6 is 11.8 Å². The molecule has 8 heteroatoms. The van der Waals surface area contributed by atoms with E-state index in [0.717, 1.165) is 39.9 Å². The van der Waals surface area contributed by atoms with Crippen LogP contribution in [-0.4, -0.2) is 58.2 Å². The normalized spacial score (nSPS) is 18.9. The van der Waals surface area contributed by atoms with Gasteiger partial charge in [-0.15, -0.1) is 0 Å². The first-order chi connectivity index (χ1) is 17.9. The molecule has 7 nitrogen and oxygen atoms in total. The van der Waals surface area contributed by atoms with Gasteiger partial charge in [-0.2, -0.15) is 11.8 Å². The monoisotopic (exact) mass is 518 g/mol. The number of amides is 3. The van der Waals surface area contributed by atoms with Crippen molar-refractivity contribution in [3.05, 3.63) is 70.9 Å². The summed E-state index contributed by atoms with van der Waals surface area (Å²) in [6.07, 6.45) is 3.79. The summed E-state index contributed by atoms with van der Waals surface area (Å²) >= 11 is 1.64. The second kappa shape index (κ2) is 10.6. The maximum absolute atomic E-state index is 13.9. The number of thioether (sulfide) groups is 1. The van der Waals surface area contributed by atoms with Crippen molar-refractivity contribution in [1.29, 1.82) is 0 Å². The van der Waals surface area contributed by atoms with Crippen LogP contribution in [0.3, 0.4) is 0 Å². The number of nitrogens with one attached hydrogen (secondary N) is 3. The third-order valence-electron chi connectivity index (χ3n) is 7.42. The van der Waals surface area contributed by atoms with Crippen LogP contribution in [-0.2, 0) is 16.0 Å².